The van der Waals surface area contributed by atoms with Crippen molar-refractivity contribution in [1.29, 1.82) is 0 Å². The molecule has 0 aliphatic carbocycles. The smallest absolute Gasteiger partial charge is 0.261 e. The summed E-state index contributed by atoms with van der Waals surface area (Å²) in [5, 5.41) is 13.0. The van der Waals surface area contributed by atoms with Gasteiger partial charge in [-0.2, -0.15) is 0 Å². The Labute approximate surface area is 141 Å². The van der Waals surface area contributed by atoms with Crippen LogP contribution in [-0.4, -0.2) is 33.2 Å². The second-order valence-corrected chi connectivity index (χ2v) is 6.41. The van der Waals surface area contributed by atoms with Crippen LogP contribution in [-0.2, 0) is 11.3 Å². The van der Waals surface area contributed by atoms with Crippen molar-refractivity contribution in [2.75, 3.05) is 6.54 Å². The van der Waals surface area contributed by atoms with E-state index in [4.69, 9.17) is 0 Å². The Kier molecular flexibility index (Phi) is 6.09. The second kappa shape index (κ2) is 8.06. The molecule has 24 heavy (non-hydrogen) atoms. The Morgan fingerprint density at radius 3 is 2.83 bits per heavy atom. The molecule has 0 aliphatic rings. The fourth-order valence-corrected chi connectivity index (χ4v) is 2.50. The Hall–Kier alpha value is -2.21. The largest absolute Gasteiger partial charge is 0.393 e. The number of amides is 1. The van der Waals surface area contributed by atoms with Gasteiger partial charge in [-0.25, -0.2) is 4.98 Å². The highest BCUT2D eigenvalue weighted by Crippen LogP contribution is 2.11. The summed E-state index contributed by atoms with van der Waals surface area (Å²) in [6.45, 7) is 6.51. The summed E-state index contributed by atoms with van der Waals surface area (Å²) in [4.78, 5) is 28.6. The molecule has 0 spiro atoms. The quantitative estimate of drug-likeness (QED) is 0.807. The van der Waals surface area contributed by atoms with Gasteiger partial charge in [0.05, 0.1) is 23.3 Å². The van der Waals surface area contributed by atoms with Crippen molar-refractivity contribution in [3.8, 4) is 0 Å². The molecule has 1 aromatic heterocycles. The summed E-state index contributed by atoms with van der Waals surface area (Å²) in [5.74, 6) is 0.0369. The molecule has 6 nitrogen and oxygen atoms in total. The number of carbonyl (C=O) groups is 1. The van der Waals surface area contributed by atoms with E-state index in [1.165, 1.54) is 10.9 Å². The van der Waals surface area contributed by atoms with Crippen LogP contribution in [0.1, 0.15) is 32.3 Å². The van der Waals surface area contributed by atoms with Crippen LogP contribution in [0.25, 0.3) is 10.9 Å². The highest BCUT2D eigenvalue weighted by molar-refractivity contribution is 5.80. The predicted molar refractivity (Wildman–Crippen MR) is 93.8 cm³/mol. The number of benzene rings is 1. The van der Waals surface area contributed by atoms with Crippen LogP contribution in [0, 0.1) is 12.8 Å². The molecular formula is C18H25N3O3. The summed E-state index contributed by atoms with van der Waals surface area (Å²) < 4.78 is 1.46. The molecule has 0 bridgehead atoms. The van der Waals surface area contributed by atoms with Gasteiger partial charge >= 0.3 is 0 Å². The SMILES string of the molecule is Cc1cccc2c(=O)n(CCC(=O)NCCC(O)C(C)C)cnc12. The summed E-state index contributed by atoms with van der Waals surface area (Å²) in [5.41, 5.74) is 1.52. The number of para-hydroxylation sites is 1. The zero-order valence-corrected chi connectivity index (χ0v) is 14.5. The van der Waals surface area contributed by atoms with E-state index in [0.29, 0.717) is 23.9 Å². The van der Waals surface area contributed by atoms with Crippen LogP contribution in [0.3, 0.4) is 0 Å². The van der Waals surface area contributed by atoms with E-state index in [1.807, 2.05) is 32.9 Å². The fraction of sp³-hybridized carbons (Fsp3) is 0.500. The number of aliphatic hydroxyl groups excluding tert-OH is 1. The third-order valence-electron chi connectivity index (χ3n) is 4.17. The highest BCUT2D eigenvalue weighted by Gasteiger charge is 2.10. The number of nitrogens with one attached hydrogen (secondary N) is 1. The Balaban J connectivity index is 1.93. The topological polar surface area (TPSA) is 84.2 Å². The van der Waals surface area contributed by atoms with Gasteiger partial charge in [0.25, 0.3) is 5.56 Å². The lowest BCUT2D eigenvalue weighted by Crippen LogP contribution is -2.30. The molecule has 0 fully saturated rings. The molecule has 1 amide bonds. The number of rotatable bonds is 7. The molecule has 0 radical (unpaired) electrons. The average molecular weight is 331 g/mol. The predicted octanol–water partition coefficient (Wildman–Crippen LogP) is 1.62. The Bertz CT molecular complexity index is 768. The minimum absolute atomic E-state index is 0.133. The maximum Gasteiger partial charge on any atom is 0.261 e. The number of hydrogen-bond donors (Lipinski definition) is 2. The third-order valence-corrected chi connectivity index (χ3v) is 4.17. The van der Waals surface area contributed by atoms with E-state index in [1.54, 1.807) is 6.07 Å². The van der Waals surface area contributed by atoms with E-state index in [0.717, 1.165) is 5.56 Å². The Morgan fingerprint density at radius 1 is 1.38 bits per heavy atom. The van der Waals surface area contributed by atoms with Crippen molar-refractivity contribution in [1.82, 2.24) is 14.9 Å². The van der Waals surface area contributed by atoms with Gasteiger partial charge in [0, 0.05) is 19.5 Å². The first-order valence-electron chi connectivity index (χ1n) is 8.29. The minimum Gasteiger partial charge on any atom is -0.393 e. The fourth-order valence-electron chi connectivity index (χ4n) is 2.50. The number of nitrogens with zero attached hydrogens (tertiary/aromatic N) is 2. The number of carbonyl (C=O) groups excluding carboxylic acids is 1. The summed E-state index contributed by atoms with van der Waals surface area (Å²) in [7, 11) is 0. The van der Waals surface area contributed by atoms with Crippen LogP contribution in [0.5, 0.6) is 0 Å². The van der Waals surface area contributed by atoms with E-state index in [9.17, 15) is 14.7 Å². The van der Waals surface area contributed by atoms with Crippen molar-refractivity contribution in [3.05, 3.63) is 40.4 Å². The van der Waals surface area contributed by atoms with Crippen LogP contribution >= 0.6 is 0 Å². The molecule has 0 aliphatic heterocycles. The number of hydrogen-bond acceptors (Lipinski definition) is 4. The van der Waals surface area contributed by atoms with E-state index >= 15 is 0 Å². The van der Waals surface area contributed by atoms with Crippen molar-refractivity contribution in [3.63, 3.8) is 0 Å². The molecule has 2 aromatic rings. The molecule has 2 rings (SSSR count). The van der Waals surface area contributed by atoms with Gasteiger partial charge in [0.1, 0.15) is 0 Å². The molecular weight excluding hydrogens is 306 g/mol. The molecule has 1 heterocycles. The molecule has 1 atom stereocenters. The average Bonchev–Trinajstić information content (AvgIpc) is 2.54. The van der Waals surface area contributed by atoms with Crippen molar-refractivity contribution in [2.24, 2.45) is 5.92 Å². The van der Waals surface area contributed by atoms with Gasteiger partial charge in [0.2, 0.25) is 5.91 Å². The summed E-state index contributed by atoms with van der Waals surface area (Å²) in [6.07, 6.45) is 1.81. The Morgan fingerprint density at radius 2 is 2.12 bits per heavy atom. The van der Waals surface area contributed by atoms with Gasteiger partial charge in [-0.15, -0.1) is 0 Å². The first-order chi connectivity index (χ1) is 11.4. The standard InChI is InChI=1S/C18H25N3O3/c1-12(2)15(22)7-9-19-16(23)8-10-21-11-20-17-13(3)5-4-6-14(17)18(21)24/h4-6,11-12,15,22H,7-10H2,1-3H3,(H,19,23). The van der Waals surface area contributed by atoms with Crippen molar-refractivity contribution < 1.29 is 9.90 Å². The monoisotopic (exact) mass is 331 g/mol. The van der Waals surface area contributed by atoms with Gasteiger partial charge < -0.3 is 10.4 Å². The van der Waals surface area contributed by atoms with Crippen molar-refractivity contribution in [2.45, 2.75) is 46.3 Å². The lowest BCUT2D eigenvalue weighted by Gasteiger charge is -2.14. The van der Waals surface area contributed by atoms with Gasteiger partial charge in [-0.1, -0.05) is 26.0 Å². The van der Waals surface area contributed by atoms with Crippen LogP contribution in [0.4, 0.5) is 0 Å². The number of aryl methyl sites for hydroxylation is 2. The van der Waals surface area contributed by atoms with Gasteiger partial charge in [-0.05, 0) is 30.9 Å². The van der Waals surface area contributed by atoms with Crippen LogP contribution < -0.4 is 10.9 Å². The zero-order chi connectivity index (χ0) is 17.7. The molecule has 0 saturated heterocycles. The lowest BCUT2D eigenvalue weighted by atomic mass is 10.0. The van der Waals surface area contributed by atoms with Crippen molar-refractivity contribution >= 4 is 16.8 Å². The molecule has 2 N–H and O–H groups in total. The van der Waals surface area contributed by atoms with E-state index < -0.39 is 6.10 Å². The second-order valence-electron chi connectivity index (χ2n) is 6.41. The summed E-state index contributed by atoms with van der Waals surface area (Å²) >= 11 is 0. The van der Waals surface area contributed by atoms with Gasteiger partial charge in [0.15, 0.2) is 0 Å². The molecule has 6 heteroatoms. The maximum atomic E-state index is 12.4. The number of aliphatic hydroxyl groups is 1. The maximum absolute atomic E-state index is 12.4. The minimum atomic E-state index is -0.416. The van der Waals surface area contributed by atoms with E-state index in [-0.39, 0.29) is 30.3 Å². The number of aromatic nitrogens is 2. The zero-order valence-electron chi connectivity index (χ0n) is 14.5. The summed E-state index contributed by atoms with van der Waals surface area (Å²) in [6, 6.07) is 5.50. The molecule has 1 unspecified atom stereocenters. The van der Waals surface area contributed by atoms with E-state index in [2.05, 4.69) is 10.3 Å². The first-order valence-corrected chi connectivity index (χ1v) is 8.29. The third kappa shape index (κ3) is 4.41. The lowest BCUT2D eigenvalue weighted by molar-refractivity contribution is -0.121. The highest BCUT2D eigenvalue weighted by atomic mass is 16.3. The molecule has 1 aromatic carbocycles. The first kappa shape index (κ1) is 18.1. The van der Waals surface area contributed by atoms with Gasteiger partial charge in [-0.3, -0.25) is 14.2 Å². The van der Waals surface area contributed by atoms with Crippen LogP contribution in [0.15, 0.2) is 29.3 Å². The normalized spacial score (nSPS) is 12.5. The number of fused-ring (bicyclic) bond motifs is 1. The molecule has 130 valence electrons. The molecule has 0 saturated carbocycles. The van der Waals surface area contributed by atoms with Crippen LogP contribution in [0.2, 0.25) is 0 Å².